The lowest BCUT2D eigenvalue weighted by molar-refractivity contribution is 0.0820. The molecular weight excluding hydrogens is 248 g/mol. The minimum atomic E-state index is -0.687. The zero-order valence-electron chi connectivity index (χ0n) is 11.8. The molecule has 2 atom stereocenters. The lowest BCUT2D eigenvalue weighted by atomic mass is 9.73. The second kappa shape index (κ2) is 4.98. The number of carbonyl (C=O) groups is 1. The molecule has 1 heterocycles. The minimum Gasteiger partial charge on any atom is -0.319 e. The highest BCUT2D eigenvalue weighted by atomic mass is 16.1. The number of carbonyl (C=O) groups excluding carboxylic acids is 1. The number of rotatable bonds is 2. The maximum absolute atomic E-state index is 12.8. The van der Waals surface area contributed by atoms with Gasteiger partial charge in [0, 0.05) is 17.1 Å². The summed E-state index contributed by atoms with van der Waals surface area (Å²) in [5.41, 5.74) is 7.34. The number of pyridine rings is 1. The van der Waals surface area contributed by atoms with E-state index < -0.39 is 5.54 Å². The van der Waals surface area contributed by atoms with Crippen LogP contribution in [0.4, 0.5) is 0 Å². The van der Waals surface area contributed by atoms with Gasteiger partial charge >= 0.3 is 0 Å². The Morgan fingerprint density at radius 1 is 1.40 bits per heavy atom. The lowest BCUT2D eigenvalue weighted by Crippen LogP contribution is -2.51. The Hall–Kier alpha value is -1.74. The summed E-state index contributed by atoms with van der Waals surface area (Å²) in [6, 6.07) is 9.53. The number of ketones is 1. The average molecular weight is 268 g/mol. The van der Waals surface area contributed by atoms with Gasteiger partial charge < -0.3 is 5.73 Å². The van der Waals surface area contributed by atoms with Gasteiger partial charge in [-0.3, -0.25) is 9.78 Å². The summed E-state index contributed by atoms with van der Waals surface area (Å²) < 4.78 is 0. The van der Waals surface area contributed by atoms with Crippen LogP contribution in [0, 0.1) is 5.92 Å². The molecule has 0 saturated heterocycles. The summed E-state index contributed by atoms with van der Waals surface area (Å²) >= 11 is 0. The zero-order chi connectivity index (χ0) is 14.2. The maximum Gasteiger partial charge on any atom is 0.182 e. The Bertz CT molecular complexity index is 652. The van der Waals surface area contributed by atoms with Gasteiger partial charge in [-0.1, -0.05) is 25.8 Å². The normalized spacial score (nSPS) is 26.6. The van der Waals surface area contributed by atoms with Gasteiger partial charge in [-0.2, -0.15) is 0 Å². The summed E-state index contributed by atoms with van der Waals surface area (Å²) in [7, 11) is 0. The van der Waals surface area contributed by atoms with Gasteiger partial charge in [-0.05, 0) is 43.0 Å². The van der Waals surface area contributed by atoms with Crippen molar-refractivity contribution in [2.24, 2.45) is 11.7 Å². The van der Waals surface area contributed by atoms with E-state index in [0.29, 0.717) is 11.5 Å². The Morgan fingerprint density at radius 3 is 3.05 bits per heavy atom. The third-order valence-corrected chi connectivity index (χ3v) is 4.35. The Balaban J connectivity index is 1.95. The molecule has 3 rings (SSSR count). The average Bonchev–Trinajstić information content (AvgIpc) is 2.45. The number of benzene rings is 1. The van der Waals surface area contributed by atoms with Crippen molar-refractivity contribution in [3.05, 3.63) is 42.1 Å². The molecule has 104 valence electrons. The van der Waals surface area contributed by atoms with Gasteiger partial charge in [0.15, 0.2) is 5.78 Å². The summed E-state index contributed by atoms with van der Waals surface area (Å²) in [6.07, 6.45) is 5.56. The quantitative estimate of drug-likeness (QED) is 0.850. The summed E-state index contributed by atoms with van der Waals surface area (Å²) in [6.45, 7) is 2.18. The Kier molecular flexibility index (Phi) is 3.30. The molecule has 1 aliphatic carbocycles. The number of hydrogen-bond acceptors (Lipinski definition) is 3. The van der Waals surface area contributed by atoms with E-state index in [-0.39, 0.29) is 5.78 Å². The molecule has 0 aliphatic heterocycles. The molecule has 2 aromatic rings. The van der Waals surface area contributed by atoms with Gasteiger partial charge in [-0.15, -0.1) is 0 Å². The van der Waals surface area contributed by atoms with Crippen LogP contribution in [-0.4, -0.2) is 16.3 Å². The number of nitrogens with two attached hydrogens (primary N) is 1. The van der Waals surface area contributed by atoms with Crippen molar-refractivity contribution < 1.29 is 4.79 Å². The monoisotopic (exact) mass is 268 g/mol. The van der Waals surface area contributed by atoms with Gasteiger partial charge in [0.25, 0.3) is 0 Å². The smallest absolute Gasteiger partial charge is 0.182 e. The zero-order valence-corrected chi connectivity index (χ0v) is 11.8. The van der Waals surface area contributed by atoms with Crippen molar-refractivity contribution in [1.82, 2.24) is 4.98 Å². The molecule has 1 saturated carbocycles. The van der Waals surface area contributed by atoms with Crippen LogP contribution >= 0.6 is 0 Å². The van der Waals surface area contributed by atoms with Gasteiger partial charge in [0.1, 0.15) is 0 Å². The first-order chi connectivity index (χ1) is 9.58. The second-order valence-electron chi connectivity index (χ2n) is 6.10. The van der Waals surface area contributed by atoms with Crippen LogP contribution in [0.2, 0.25) is 0 Å². The molecule has 1 aromatic carbocycles. The van der Waals surface area contributed by atoms with Crippen molar-refractivity contribution in [3.63, 3.8) is 0 Å². The molecule has 1 aliphatic rings. The molecule has 2 unspecified atom stereocenters. The molecule has 2 N–H and O–H groups in total. The van der Waals surface area contributed by atoms with Gasteiger partial charge in [0.05, 0.1) is 11.1 Å². The summed E-state index contributed by atoms with van der Waals surface area (Å²) in [5.74, 6) is 0.606. The fourth-order valence-electron chi connectivity index (χ4n) is 3.30. The number of Topliss-reactive ketones (excluding diaryl/α,β-unsaturated/α-hetero) is 1. The van der Waals surface area contributed by atoms with Crippen LogP contribution in [0.1, 0.15) is 43.0 Å². The first-order valence-corrected chi connectivity index (χ1v) is 7.27. The lowest BCUT2D eigenvalue weighted by Gasteiger charge is -2.35. The highest BCUT2D eigenvalue weighted by Crippen LogP contribution is 2.33. The third kappa shape index (κ3) is 2.34. The largest absolute Gasteiger partial charge is 0.319 e. The van der Waals surface area contributed by atoms with Crippen molar-refractivity contribution in [2.45, 2.75) is 38.1 Å². The van der Waals surface area contributed by atoms with E-state index in [2.05, 4.69) is 11.9 Å². The summed E-state index contributed by atoms with van der Waals surface area (Å²) in [4.78, 5) is 17.0. The van der Waals surface area contributed by atoms with Crippen molar-refractivity contribution in [2.75, 3.05) is 0 Å². The molecule has 1 aromatic heterocycles. The van der Waals surface area contributed by atoms with Gasteiger partial charge in [0.2, 0.25) is 0 Å². The minimum absolute atomic E-state index is 0.0785. The summed E-state index contributed by atoms with van der Waals surface area (Å²) in [5, 5.41) is 0.991. The van der Waals surface area contributed by atoms with Crippen LogP contribution in [0.3, 0.4) is 0 Å². The third-order valence-electron chi connectivity index (χ3n) is 4.35. The Morgan fingerprint density at radius 2 is 2.25 bits per heavy atom. The SMILES string of the molecule is CC1CCCC(N)(C(=O)c2ccc3ncccc3c2)C1. The van der Waals surface area contributed by atoms with E-state index >= 15 is 0 Å². The predicted octanol–water partition coefficient (Wildman–Crippen LogP) is 3.33. The van der Waals surface area contributed by atoms with E-state index in [1.807, 2.05) is 30.3 Å². The highest BCUT2D eigenvalue weighted by molar-refractivity contribution is 6.05. The molecule has 0 spiro atoms. The molecule has 1 fully saturated rings. The van der Waals surface area contributed by atoms with Crippen molar-refractivity contribution in [3.8, 4) is 0 Å². The number of fused-ring (bicyclic) bond motifs is 1. The van der Waals surface area contributed by atoms with Gasteiger partial charge in [-0.25, -0.2) is 0 Å². The van der Waals surface area contributed by atoms with E-state index in [1.54, 1.807) is 6.20 Å². The fraction of sp³-hybridized carbons (Fsp3) is 0.412. The van der Waals surface area contributed by atoms with E-state index in [4.69, 9.17) is 5.73 Å². The molecule has 3 nitrogen and oxygen atoms in total. The molecule has 0 bridgehead atoms. The fourth-order valence-corrected chi connectivity index (χ4v) is 3.30. The highest BCUT2D eigenvalue weighted by Gasteiger charge is 2.38. The van der Waals surface area contributed by atoms with Crippen molar-refractivity contribution >= 4 is 16.7 Å². The predicted molar refractivity (Wildman–Crippen MR) is 80.6 cm³/mol. The van der Waals surface area contributed by atoms with E-state index in [1.165, 1.54) is 6.42 Å². The number of nitrogens with zero attached hydrogens (tertiary/aromatic N) is 1. The van der Waals surface area contributed by atoms with E-state index in [0.717, 1.165) is 30.2 Å². The second-order valence-corrected chi connectivity index (χ2v) is 6.10. The topological polar surface area (TPSA) is 56.0 Å². The number of aromatic nitrogens is 1. The molecule has 0 radical (unpaired) electrons. The number of hydrogen-bond donors (Lipinski definition) is 1. The molecule has 20 heavy (non-hydrogen) atoms. The van der Waals surface area contributed by atoms with Crippen LogP contribution in [0.5, 0.6) is 0 Å². The van der Waals surface area contributed by atoms with Crippen molar-refractivity contribution in [1.29, 1.82) is 0 Å². The van der Waals surface area contributed by atoms with Crippen LogP contribution in [0.25, 0.3) is 10.9 Å². The maximum atomic E-state index is 12.8. The molecular formula is C17H20N2O. The standard InChI is InChI=1S/C17H20N2O/c1-12-4-2-8-17(18,11-12)16(20)14-6-7-15-13(10-14)5-3-9-19-15/h3,5-7,9-10,12H,2,4,8,11,18H2,1H3. The van der Waals surface area contributed by atoms with Crippen LogP contribution in [0.15, 0.2) is 36.5 Å². The molecule has 0 amide bonds. The first kappa shape index (κ1) is 13.3. The van der Waals surface area contributed by atoms with E-state index in [9.17, 15) is 4.79 Å². The van der Waals surface area contributed by atoms with Crippen LogP contribution in [-0.2, 0) is 0 Å². The molecule has 3 heteroatoms. The van der Waals surface area contributed by atoms with Crippen LogP contribution < -0.4 is 5.73 Å². The Labute approximate surface area is 119 Å². The first-order valence-electron chi connectivity index (χ1n) is 7.27.